The first-order valence-corrected chi connectivity index (χ1v) is 10.9. The average Bonchev–Trinajstić information content (AvgIpc) is 3.10. The predicted molar refractivity (Wildman–Crippen MR) is 133 cm³/mol. The minimum absolute atomic E-state index is 0.113. The minimum Gasteiger partial charge on any atom is -0.487 e. The normalized spacial score (nSPS) is 11.1. The third-order valence-electron chi connectivity index (χ3n) is 5.48. The molecule has 4 aromatic rings. The Kier molecular flexibility index (Phi) is 6.88. The monoisotopic (exact) mass is 465 g/mol. The summed E-state index contributed by atoms with van der Waals surface area (Å²) in [4.78, 5) is 30.3. The number of nitriles is 1. The number of hydrogen-bond donors (Lipinski definition) is 1. The molecule has 0 unspecified atom stereocenters. The maximum Gasteiger partial charge on any atom is 0.295 e. The molecule has 0 saturated heterocycles. The minimum atomic E-state index is -0.682. The van der Waals surface area contributed by atoms with E-state index in [2.05, 4.69) is 10.3 Å². The van der Waals surface area contributed by atoms with E-state index in [0.717, 1.165) is 5.69 Å². The lowest BCUT2D eigenvalue weighted by atomic mass is 10.1. The lowest BCUT2D eigenvalue weighted by molar-refractivity contribution is -0.112. The molecule has 0 atom stereocenters. The molecular weight excluding hydrogens is 442 g/mol. The molecule has 35 heavy (non-hydrogen) atoms. The molecule has 174 valence electrons. The van der Waals surface area contributed by atoms with E-state index in [4.69, 9.17) is 4.74 Å². The van der Waals surface area contributed by atoms with Gasteiger partial charge in [0.1, 0.15) is 29.7 Å². The van der Waals surface area contributed by atoms with E-state index in [0.29, 0.717) is 22.7 Å². The molecule has 8 nitrogen and oxygen atoms in total. The van der Waals surface area contributed by atoms with Crippen molar-refractivity contribution in [2.45, 2.75) is 13.5 Å². The number of benzene rings is 2. The number of para-hydroxylation sites is 2. The lowest BCUT2D eigenvalue weighted by Crippen LogP contribution is -2.23. The van der Waals surface area contributed by atoms with E-state index in [-0.39, 0.29) is 23.4 Å². The molecule has 8 heteroatoms. The van der Waals surface area contributed by atoms with Gasteiger partial charge in [-0.1, -0.05) is 42.5 Å². The molecule has 4 rings (SSSR count). The molecule has 2 aromatic heterocycles. The molecule has 0 aliphatic carbocycles. The van der Waals surface area contributed by atoms with Gasteiger partial charge in [-0.3, -0.25) is 19.3 Å². The Bertz CT molecular complexity index is 1480. The SMILES string of the molecule is Cc1c(NC(=O)/C(C#N)=C/c2ccccc2OCc2ccccn2)c(=O)n(-c2ccccc2)n1C. The van der Waals surface area contributed by atoms with Crippen LogP contribution in [-0.4, -0.2) is 20.3 Å². The van der Waals surface area contributed by atoms with Crippen molar-refractivity contribution in [2.75, 3.05) is 5.32 Å². The van der Waals surface area contributed by atoms with Gasteiger partial charge in [-0.05, 0) is 43.3 Å². The molecule has 0 spiro atoms. The average molecular weight is 466 g/mol. The van der Waals surface area contributed by atoms with Gasteiger partial charge in [-0.25, -0.2) is 4.68 Å². The first kappa shape index (κ1) is 23.3. The summed E-state index contributed by atoms with van der Waals surface area (Å²) < 4.78 is 8.98. The Labute approximate surface area is 202 Å². The highest BCUT2D eigenvalue weighted by Crippen LogP contribution is 2.23. The lowest BCUT2D eigenvalue weighted by Gasteiger charge is -2.09. The number of aromatic nitrogens is 3. The zero-order valence-corrected chi connectivity index (χ0v) is 19.3. The van der Waals surface area contributed by atoms with Gasteiger partial charge in [-0.15, -0.1) is 0 Å². The molecule has 0 saturated carbocycles. The maximum absolute atomic E-state index is 13.1. The zero-order chi connectivity index (χ0) is 24.8. The quantitative estimate of drug-likeness (QED) is 0.328. The topological polar surface area (TPSA) is 102 Å². The fourth-order valence-electron chi connectivity index (χ4n) is 3.56. The summed E-state index contributed by atoms with van der Waals surface area (Å²) in [5, 5.41) is 12.3. The second-order valence-corrected chi connectivity index (χ2v) is 7.71. The van der Waals surface area contributed by atoms with Crippen LogP contribution >= 0.6 is 0 Å². The third kappa shape index (κ3) is 5.04. The summed E-state index contributed by atoms with van der Waals surface area (Å²) in [7, 11) is 1.73. The first-order chi connectivity index (χ1) is 17.0. The maximum atomic E-state index is 13.1. The second kappa shape index (κ2) is 10.4. The Hall–Kier alpha value is -4.90. The van der Waals surface area contributed by atoms with Crippen molar-refractivity contribution in [1.82, 2.24) is 14.3 Å². The van der Waals surface area contributed by atoms with Crippen LogP contribution in [0.4, 0.5) is 5.69 Å². The van der Waals surface area contributed by atoms with Crippen molar-refractivity contribution in [3.63, 3.8) is 0 Å². The van der Waals surface area contributed by atoms with Gasteiger partial charge in [0.05, 0.1) is 17.1 Å². The van der Waals surface area contributed by atoms with Crippen molar-refractivity contribution in [3.8, 4) is 17.5 Å². The summed E-state index contributed by atoms with van der Waals surface area (Å²) in [6, 6.07) is 23.7. The van der Waals surface area contributed by atoms with E-state index in [9.17, 15) is 14.9 Å². The molecule has 1 amide bonds. The van der Waals surface area contributed by atoms with Gasteiger partial charge in [0.2, 0.25) is 0 Å². The van der Waals surface area contributed by atoms with Gasteiger partial charge in [0.15, 0.2) is 0 Å². The molecule has 2 aromatic carbocycles. The smallest absolute Gasteiger partial charge is 0.295 e. The summed E-state index contributed by atoms with van der Waals surface area (Å²) in [6.45, 7) is 1.97. The van der Waals surface area contributed by atoms with Crippen LogP contribution in [-0.2, 0) is 18.4 Å². The van der Waals surface area contributed by atoms with Gasteiger partial charge >= 0.3 is 0 Å². The molecule has 0 bridgehead atoms. The van der Waals surface area contributed by atoms with Crippen molar-refractivity contribution >= 4 is 17.7 Å². The number of anilines is 1. The van der Waals surface area contributed by atoms with Crippen LogP contribution in [0.2, 0.25) is 0 Å². The number of hydrogen-bond acceptors (Lipinski definition) is 5. The summed E-state index contributed by atoms with van der Waals surface area (Å²) in [6.07, 6.45) is 3.12. The van der Waals surface area contributed by atoms with E-state index >= 15 is 0 Å². The van der Waals surface area contributed by atoms with Gasteiger partial charge in [0, 0.05) is 18.8 Å². The van der Waals surface area contributed by atoms with Crippen LogP contribution in [0.25, 0.3) is 11.8 Å². The molecular formula is C27H23N5O3. The number of carbonyl (C=O) groups is 1. The van der Waals surface area contributed by atoms with E-state index in [1.165, 1.54) is 10.8 Å². The Balaban J connectivity index is 1.60. The van der Waals surface area contributed by atoms with Crippen molar-refractivity contribution in [3.05, 3.63) is 112 Å². The number of rotatable bonds is 7. The summed E-state index contributed by atoms with van der Waals surface area (Å²) in [5.41, 5.74) is 2.10. The molecule has 0 radical (unpaired) electrons. The highest BCUT2D eigenvalue weighted by Gasteiger charge is 2.20. The van der Waals surface area contributed by atoms with Gasteiger partial charge in [0.25, 0.3) is 11.5 Å². The fourth-order valence-corrected chi connectivity index (χ4v) is 3.56. The van der Waals surface area contributed by atoms with Crippen LogP contribution in [0.5, 0.6) is 5.75 Å². The molecule has 1 N–H and O–H groups in total. The predicted octanol–water partition coefficient (Wildman–Crippen LogP) is 4.00. The van der Waals surface area contributed by atoms with Crippen LogP contribution in [0.3, 0.4) is 0 Å². The van der Waals surface area contributed by atoms with E-state index in [1.807, 2.05) is 42.5 Å². The summed E-state index contributed by atoms with van der Waals surface area (Å²) >= 11 is 0. The largest absolute Gasteiger partial charge is 0.487 e. The van der Waals surface area contributed by atoms with Crippen molar-refractivity contribution in [1.29, 1.82) is 5.26 Å². The van der Waals surface area contributed by atoms with Gasteiger partial charge < -0.3 is 10.1 Å². The zero-order valence-electron chi connectivity index (χ0n) is 19.3. The molecule has 2 heterocycles. The number of carbonyl (C=O) groups excluding carboxylic acids is 1. The van der Waals surface area contributed by atoms with E-state index in [1.54, 1.807) is 61.2 Å². The molecule has 0 aliphatic heterocycles. The van der Waals surface area contributed by atoms with Gasteiger partial charge in [-0.2, -0.15) is 5.26 Å². The second-order valence-electron chi connectivity index (χ2n) is 7.71. The standard InChI is InChI=1S/C27H23N5O3/c1-19-25(27(34)32(31(19)2)23-12-4-3-5-13-23)30-26(33)21(17-28)16-20-10-6-7-14-24(20)35-18-22-11-8-9-15-29-22/h3-16H,18H2,1-2H3,(H,30,33)/b21-16+. The van der Waals surface area contributed by atoms with Crippen molar-refractivity contribution < 1.29 is 9.53 Å². The van der Waals surface area contributed by atoms with Crippen LogP contribution < -0.4 is 15.6 Å². The number of pyridine rings is 1. The molecule has 0 fully saturated rings. The van der Waals surface area contributed by atoms with Crippen LogP contribution in [0.1, 0.15) is 17.0 Å². The summed E-state index contributed by atoms with van der Waals surface area (Å²) in [5.74, 6) is -0.181. The van der Waals surface area contributed by atoms with Crippen molar-refractivity contribution in [2.24, 2.45) is 7.05 Å². The first-order valence-electron chi connectivity index (χ1n) is 10.9. The number of ether oxygens (including phenoxy) is 1. The Morgan fingerprint density at radius 1 is 1.09 bits per heavy atom. The third-order valence-corrected chi connectivity index (χ3v) is 5.48. The highest BCUT2D eigenvalue weighted by molar-refractivity contribution is 6.10. The Morgan fingerprint density at radius 2 is 1.80 bits per heavy atom. The molecule has 0 aliphatic rings. The Morgan fingerprint density at radius 3 is 2.51 bits per heavy atom. The number of amides is 1. The van der Waals surface area contributed by atoms with E-state index < -0.39 is 5.91 Å². The number of nitrogens with one attached hydrogen (secondary N) is 1. The highest BCUT2D eigenvalue weighted by atomic mass is 16.5. The fraction of sp³-hybridized carbons (Fsp3) is 0.111. The van der Waals surface area contributed by atoms with Crippen LogP contribution in [0, 0.1) is 18.3 Å². The number of nitrogens with zero attached hydrogens (tertiary/aromatic N) is 4. The van der Waals surface area contributed by atoms with Crippen LogP contribution in [0.15, 0.2) is 89.4 Å².